The minimum absolute atomic E-state index is 0.0784. The molecule has 0 atom stereocenters. The fraction of sp³-hybridized carbons (Fsp3) is 0.400. The first-order chi connectivity index (χ1) is 17.5. The first kappa shape index (κ1) is 26.4. The van der Waals surface area contributed by atoms with E-state index in [2.05, 4.69) is 10.3 Å². The Morgan fingerprint density at radius 3 is 2.51 bits per heavy atom. The number of pyridine rings is 1. The molecule has 4 rings (SSSR count). The molecule has 3 aromatic rings. The predicted octanol–water partition coefficient (Wildman–Crippen LogP) is 3.08. The maximum atomic E-state index is 13.5. The molecule has 1 aliphatic heterocycles. The van der Waals surface area contributed by atoms with Gasteiger partial charge in [-0.05, 0) is 48.7 Å². The lowest BCUT2D eigenvalue weighted by Gasteiger charge is -2.24. The summed E-state index contributed by atoms with van der Waals surface area (Å²) in [6, 6.07) is 7.17. The zero-order chi connectivity index (χ0) is 26.9. The van der Waals surface area contributed by atoms with Crippen molar-refractivity contribution in [2.24, 2.45) is 0 Å². The van der Waals surface area contributed by atoms with Crippen molar-refractivity contribution in [3.05, 3.63) is 47.3 Å². The number of hydrogen-bond donors (Lipinski definition) is 1. The van der Waals surface area contributed by atoms with E-state index in [1.54, 1.807) is 22.9 Å². The monoisotopic (exact) mass is 531 g/mol. The lowest BCUT2D eigenvalue weighted by molar-refractivity contribution is 0.0964. The van der Waals surface area contributed by atoms with Gasteiger partial charge in [0.15, 0.2) is 0 Å². The number of fused-ring (bicyclic) bond motifs is 1. The molecular formula is C25H30FN5O5S. The lowest BCUT2D eigenvalue weighted by Crippen LogP contribution is -2.36. The highest BCUT2D eigenvalue weighted by Crippen LogP contribution is 2.36. The van der Waals surface area contributed by atoms with Crippen LogP contribution in [0.2, 0.25) is 0 Å². The maximum absolute atomic E-state index is 13.5. The van der Waals surface area contributed by atoms with Gasteiger partial charge < -0.3 is 19.5 Å². The zero-order valence-corrected chi connectivity index (χ0v) is 22.1. The number of carbonyl (C=O) groups excluding carboxylic acids is 2. The van der Waals surface area contributed by atoms with Crippen LogP contribution >= 0.6 is 0 Å². The van der Waals surface area contributed by atoms with Crippen molar-refractivity contribution < 1.29 is 26.8 Å². The van der Waals surface area contributed by atoms with Crippen molar-refractivity contribution in [1.82, 2.24) is 20.1 Å². The van der Waals surface area contributed by atoms with Crippen LogP contribution in [0.1, 0.15) is 29.3 Å². The molecule has 10 nitrogen and oxygen atoms in total. The van der Waals surface area contributed by atoms with Gasteiger partial charge in [-0.25, -0.2) is 17.6 Å². The number of aryl methyl sites for hydroxylation is 1. The number of amides is 3. The van der Waals surface area contributed by atoms with E-state index in [1.165, 1.54) is 35.6 Å². The number of sulfonamides is 1. The molecule has 1 aromatic carbocycles. The second-order valence-corrected chi connectivity index (χ2v) is 10.9. The summed E-state index contributed by atoms with van der Waals surface area (Å²) in [5.74, 6) is -0.412. The standard InChI is InChI=1S/C25H30FN5O5S/c1-5-16-15-19-20(23(32)27-2)21(17-7-9-18(26)10-8-17)36-24(19)28-22(16)31(37(4,34)35)12-6-11-30-14-13-29(3)25(30)33/h7-10,15H,5-6,11-14H2,1-4H3,(H,27,32). The van der Waals surface area contributed by atoms with Crippen LogP contribution in [-0.4, -0.2) is 81.7 Å². The van der Waals surface area contributed by atoms with Gasteiger partial charge in [0.25, 0.3) is 5.91 Å². The average molecular weight is 532 g/mol. The third-order valence-electron chi connectivity index (χ3n) is 6.41. The van der Waals surface area contributed by atoms with Crippen molar-refractivity contribution >= 4 is 38.9 Å². The molecule has 1 saturated heterocycles. The summed E-state index contributed by atoms with van der Waals surface area (Å²) in [5.41, 5.74) is 1.43. The number of anilines is 1. The third-order valence-corrected chi connectivity index (χ3v) is 7.56. The summed E-state index contributed by atoms with van der Waals surface area (Å²) in [6.45, 7) is 3.63. The Morgan fingerprint density at radius 2 is 1.95 bits per heavy atom. The highest BCUT2D eigenvalue weighted by atomic mass is 32.2. The van der Waals surface area contributed by atoms with E-state index in [9.17, 15) is 22.4 Å². The quantitative estimate of drug-likeness (QED) is 0.454. The smallest absolute Gasteiger partial charge is 0.319 e. The Labute approximate surface area is 215 Å². The van der Waals surface area contributed by atoms with Crippen molar-refractivity contribution in [3.63, 3.8) is 0 Å². The summed E-state index contributed by atoms with van der Waals surface area (Å²) >= 11 is 0. The van der Waals surface area contributed by atoms with Gasteiger partial charge >= 0.3 is 6.03 Å². The number of benzene rings is 1. The summed E-state index contributed by atoms with van der Waals surface area (Å²) in [6.07, 6.45) is 1.97. The first-order valence-corrected chi connectivity index (χ1v) is 13.8. The SMILES string of the molecule is CCc1cc2c(C(=O)NC)c(-c3ccc(F)cc3)oc2nc1N(CCCN1CCN(C)C1=O)S(C)(=O)=O. The Morgan fingerprint density at radius 1 is 1.24 bits per heavy atom. The second-order valence-electron chi connectivity index (χ2n) is 8.95. The lowest BCUT2D eigenvalue weighted by atomic mass is 10.0. The molecule has 37 heavy (non-hydrogen) atoms. The Balaban J connectivity index is 1.76. The molecule has 3 amide bonds. The van der Waals surface area contributed by atoms with E-state index < -0.39 is 21.7 Å². The first-order valence-electron chi connectivity index (χ1n) is 12.0. The number of nitrogens with one attached hydrogen (secondary N) is 1. The van der Waals surface area contributed by atoms with E-state index in [1.807, 2.05) is 6.92 Å². The number of carbonyl (C=O) groups is 2. The van der Waals surface area contributed by atoms with Gasteiger partial charge in [0.1, 0.15) is 17.4 Å². The second kappa shape index (κ2) is 10.4. The van der Waals surface area contributed by atoms with Crippen molar-refractivity contribution in [3.8, 4) is 11.3 Å². The van der Waals surface area contributed by atoms with Crippen molar-refractivity contribution in [2.75, 3.05) is 50.8 Å². The number of aromatic nitrogens is 1. The number of hydrogen-bond acceptors (Lipinski definition) is 6. The Bertz CT molecular complexity index is 1440. The van der Waals surface area contributed by atoms with Gasteiger partial charge in [0.2, 0.25) is 15.7 Å². The molecule has 1 aliphatic rings. The van der Waals surface area contributed by atoms with Gasteiger partial charge in [-0.3, -0.25) is 9.10 Å². The third kappa shape index (κ3) is 5.24. The van der Waals surface area contributed by atoms with Gasteiger partial charge in [0.05, 0.1) is 17.2 Å². The van der Waals surface area contributed by atoms with E-state index in [0.717, 1.165) is 6.26 Å². The molecule has 1 N–H and O–H groups in total. The molecule has 12 heteroatoms. The number of rotatable bonds is 9. The molecule has 0 saturated carbocycles. The summed E-state index contributed by atoms with van der Waals surface area (Å²) in [7, 11) is -0.503. The molecule has 0 bridgehead atoms. The predicted molar refractivity (Wildman–Crippen MR) is 139 cm³/mol. The van der Waals surface area contributed by atoms with Gasteiger partial charge in [0, 0.05) is 45.8 Å². The van der Waals surface area contributed by atoms with E-state index >= 15 is 0 Å². The number of halogens is 1. The van der Waals surface area contributed by atoms with E-state index in [4.69, 9.17) is 4.42 Å². The highest BCUT2D eigenvalue weighted by molar-refractivity contribution is 7.92. The molecule has 0 spiro atoms. The largest absolute Gasteiger partial charge is 0.437 e. The van der Waals surface area contributed by atoms with Gasteiger partial charge in [-0.2, -0.15) is 4.98 Å². The minimum atomic E-state index is -3.73. The molecule has 3 heterocycles. The molecular weight excluding hydrogens is 501 g/mol. The van der Waals surface area contributed by atoms with Crippen LogP contribution in [0.5, 0.6) is 0 Å². The number of likely N-dealkylation sites (N-methyl/N-ethyl adjacent to an activating group) is 1. The minimum Gasteiger partial charge on any atom is -0.437 e. The molecule has 2 aromatic heterocycles. The topological polar surface area (TPSA) is 116 Å². The maximum Gasteiger partial charge on any atom is 0.319 e. The van der Waals surface area contributed by atoms with Crippen LogP contribution in [0, 0.1) is 5.82 Å². The van der Waals surface area contributed by atoms with Crippen LogP contribution in [0.25, 0.3) is 22.4 Å². The number of furan rings is 1. The fourth-order valence-corrected chi connectivity index (χ4v) is 5.36. The zero-order valence-electron chi connectivity index (χ0n) is 21.2. The summed E-state index contributed by atoms with van der Waals surface area (Å²) in [5, 5.41) is 3.03. The molecule has 1 fully saturated rings. The molecule has 0 unspecified atom stereocenters. The van der Waals surface area contributed by atoms with Crippen LogP contribution in [-0.2, 0) is 16.4 Å². The number of urea groups is 1. The Hall–Kier alpha value is -3.67. The van der Waals surface area contributed by atoms with Crippen LogP contribution < -0.4 is 9.62 Å². The van der Waals surface area contributed by atoms with Gasteiger partial charge in [-0.15, -0.1) is 0 Å². The average Bonchev–Trinajstić information content (AvgIpc) is 3.39. The summed E-state index contributed by atoms with van der Waals surface area (Å²) in [4.78, 5) is 32.9. The summed E-state index contributed by atoms with van der Waals surface area (Å²) < 4.78 is 46.4. The van der Waals surface area contributed by atoms with E-state index in [0.29, 0.717) is 49.0 Å². The molecule has 0 radical (unpaired) electrons. The van der Waals surface area contributed by atoms with Crippen LogP contribution in [0.4, 0.5) is 15.0 Å². The number of nitrogens with zero attached hydrogens (tertiary/aromatic N) is 4. The van der Waals surface area contributed by atoms with Crippen LogP contribution in [0.15, 0.2) is 34.7 Å². The van der Waals surface area contributed by atoms with Crippen molar-refractivity contribution in [1.29, 1.82) is 0 Å². The normalized spacial score (nSPS) is 14.0. The fourth-order valence-electron chi connectivity index (χ4n) is 4.43. The molecule has 0 aliphatic carbocycles. The highest BCUT2D eigenvalue weighted by Gasteiger charge is 2.29. The van der Waals surface area contributed by atoms with E-state index in [-0.39, 0.29) is 35.4 Å². The van der Waals surface area contributed by atoms with Gasteiger partial charge in [-0.1, -0.05) is 6.92 Å². The molecule has 198 valence electrons. The Kier molecular flexibility index (Phi) is 7.39. The van der Waals surface area contributed by atoms with Crippen molar-refractivity contribution in [2.45, 2.75) is 19.8 Å². The van der Waals surface area contributed by atoms with Crippen LogP contribution in [0.3, 0.4) is 0 Å².